The van der Waals surface area contributed by atoms with Crippen LogP contribution in [0.1, 0.15) is 49.2 Å². The van der Waals surface area contributed by atoms with Gasteiger partial charge >= 0.3 is 0 Å². The SMILES string of the molecule is CCCc1ncc(CN2CCCC(c3cc(=O)[nH]c(-c4ccncc4)n3)C2)cn1. The van der Waals surface area contributed by atoms with Crippen LogP contribution < -0.4 is 5.56 Å². The van der Waals surface area contributed by atoms with Crippen molar-refractivity contribution in [3.63, 3.8) is 0 Å². The highest BCUT2D eigenvalue weighted by Gasteiger charge is 2.23. The Hall–Kier alpha value is -2.93. The summed E-state index contributed by atoms with van der Waals surface area (Å²) in [6.07, 6.45) is 11.4. The Kier molecular flexibility index (Phi) is 6.05. The molecule has 29 heavy (non-hydrogen) atoms. The summed E-state index contributed by atoms with van der Waals surface area (Å²) in [4.78, 5) is 35.2. The van der Waals surface area contributed by atoms with Crippen LogP contribution in [-0.4, -0.2) is 42.9 Å². The quantitative estimate of drug-likeness (QED) is 0.696. The van der Waals surface area contributed by atoms with Crippen molar-refractivity contribution < 1.29 is 0 Å². The van der Waals surface area contributed by atoms with Gasteiger partial charge in [0, 0.05) is 67.4 Å². The van der Waals surface area contributed by atoms with E-state index < -0.39 is 0 Å². The number of piperidine rings is 1. The molecule has 1 aliphatic heterocycles. The lowest BCUT2D eigenvalue weighted by Crippen LogP contribution is -2.34. The predicted molar refractivity (Wildman–Crippen MR) is 111 cm³/mol. The largest absolute Gasteiger partial charge is 0.307 e. The van der Waals surface area contributed by atoms with Crippen LogP contribution in [0.25, 0.3) is 11.4 Å². The number of aryl methyl sites for hydroxylation is 1. The molecule has 0 radical (unpaired) electrons. The van der Waals surface area contributed by atoms with Crippen molar-refractivity contribution in [3.05, 3.63) is 70.4 Å². The first-order chi connectivity index (χ1) is 14.2. The van der Waals surface area contributed by atoms with E-state index in [-0.39, 0.29) is 11.5 Å². The summed E-state index contributed by atoms with van der Waals surface area (Å²) < 4.78 is 0. The van der Waals surface area contributed by atoms with Crippen molar-refractivity contribution in [3.8, 4) is 11.4 Å². The Bertz CT molecular complexity index is 986. The molecule has 1 fully saturated rings. The van der Waals surface area contributed by atoms with Gasteiger partial charge in [0.25, 0.3) is 5.56 Å². The van der Waals surface area contributed by atoms with Gasteiger partial charge in [0.1, 0.15) is 11.6 Å². The standard InChI is InChI=1S/C22H26N6O/c1-2-4-20-24-12-16(13-25-20)14-28-10-3-5-18(15-28)19-11-21(29)27-22(26-19)17-6-8-23-9-7-17/h6-9,11-13,18H,2-5,10,14-15H2,1H3,(H,26,27,29). The molecule has 0 spiro atoms. The van der Waals surface area contributed by atoms with E-state index in [1.807, 2.05) is 24.5 Å². The van der Waals surface area contributed by atoms with E-state index in [0.717, 1.165) is 68.0 Å². The summed E-state index contributed by atoms with van der Waals surface area (Å²) >= 11 is 0. The Labute approximate surface area is 170 Å². The fourth-order valence-corrected chi connectivity index (χ4v) is 3.85. The first-order valence-corrected chi connectivity index (χ1v) is 10.2. The van der Waals surface area contributed by atoms with Crippen molar-refractivity contribution >= 4 is 0 Å². The first-order valence-electron chi connectivity index (χ1n) is 10.2. The molecule has 7 heteroatoms. The molecule has 1 aliphatic rings. The Morgan fingerprint density at radius 3 is 2.76 bits per heavy atom. The number of nitrogens with one attached hydrogen (secondary N) is 1. The normalized spacial score (nSPS) is 17.3. The van der Waals surface area contributed by atoms with Crippen molar-refractivity contribution in [1.29, 1.82) is 0 Å². The summed E-state index contributed by atoms with van der Waals surface area (Å²) in [5, 5.41) is 0. The van der Waals surface area contributed by atoms with E-state index in [1.54, 1.807) is 18.5 Å². The predicted octanol–water partition coefficient (Wildman–Crippen LogP) is 2.95. The molecule has 1 saturated heterocycles. The van der Waals surface area contributed by atoms with Gasteiger partial charge in [-0.25, -0.2) is 15.0 Å². The van der Waals surface area contributed by atoms with Gasteiger partial charge in [-0.2, -0.15) is 0 Å². The monoisotopic (exact) mass is 390 g/mol. The Morgan fingerprint density at radius 2 is 2.00 bits per heavy atom. The lowest BCUT2D eigenvalue weighted by molar-refractivity contribution is 0.198. The van der Waals surface area contributed by atoms with Gasteiger partial charge in [-0.05, 0) is 37.9 Å². The molecule has 150 valence electrons. The zero-order valence-electron chi connectivity index (χ0n) is 16.7. The highest BCUT2D eigenvalue weighted by molar-refractivity contribution is 5.53. The second kappa shape index (κ2) is 9.05. The van der Waals surface area contributed by atoms with Gasteiger partial charge in [0.05, 0.1) is 5.69 Å². The number of pyridine rings is 1. The molecule has 0 aromatic carbocycles. The first kappa shape index (κ1) is 19.4. The van der Waals surface area contributed by atoms with Crippen LogP contribution in [0.3, 0.4) is 0 Å². The van der Waals surface area contributed by atoms with E-state index in [9.17, 15) is 4.79 Å². The topological polar surface area (TPSA) is 87.7 Å². The van der Waals surface area contributed by atoms with Gasteiger partial charge < -0.3 is 4.98 Å². The van der Waals surface area contributed by atoms with Gasteiger partial charge in [-0.1, -0.05) is 6.92 Å². The maximum atomic E-state index is 12.2. The molecule has 0 amide bonds. The molecule has 3 aromatic rings. The number of rotatable bonds is 6. The summed E-state index contributed by atoms with van der Waals surface area (Å²) in [6.45, 7) is 4.87. The van der Waals surface area contributed by atoms with Crippen molar-refractivity contribution in [2.24, 2.45) is 0 Å². The van der Waals surface area contributed by atoms with E-state index in [0.29, 0.717) is 5.82 Å². The highest BCUT2D eigenvalue weighted by Crippen LogP contribution is 2.27. The number of nitrogens with zero attached hydrogens (tertiary/aromatic N) is 5. The second-order valence-electron chi connectivity index (χ2n) is 7.59. The van der Waals surface area contributed by atoms with Crippen molar-refractivity contribution in [2.75, 3.05) is 13.1 Å². The number of aromatic nitrogens is 5. The minimum atomic E-state index is -0.112. The zero-order valence-corrected chi connectivity index (χ0v) is 16.7. The van der Waals surface area contributed by atoms with Crippen molar-refractivity contribution in [2.45, 2.75) is 45.1 Å². The Balaban J connectivity index is 1.48. The van der Waals surface area contributed by atoms with Crippen LogP contribution in [-0.2, 0) is 13.0 Å². The van der Waals surface area contributed by atoms with Crippen LogP contribution in [0.2, 0.25) is 0 Å². The molecule has 4 heterocycles. The summed E-state index contributed by atoms with van der Waals surface area (Å²) in [5.41, 5.74) is 2.75. The summed E-state index contributed by atoms with van der Waals surface area (Å²) in [7, 11) is 0. The molecule has 1 unspecified atom stereocenters. The third-order valence-electron chi connectivity index (χ3n) is 5.28. The fraction of sp³-hybridized carbons (Fsp3) is 0.409. The Morgan fingerprint density at radius 1 is 1.21 bits per heavy atom. The third kappa shape index (κ3) is 4.92. The lowest BCUT2D eigenvalue weighted by atomic mass is 9.94. The zero-order chi connectivity index (χ0) is 20.1. The molecule has 1 N–H and O–H groups in total. The molecule has 7 nitrogen and oxygen atoms in total. The lowest BCUT2D eigenvalue weighted by Gasteiger charge is -2.32. The van der Waals surface area contributed by atoms with Gasteiger partial charge in [0.15, 0.2) is 0 Å². The van der Waals surface area contributed by atoms with Gasteiger partial charge in [-0.3, -0.25) is 14.7 Å². The van der Waals surface area contributed by atoms with Crippen LogP contribution in [0.4, 0.5) is 0 Å². The maximum Gasteiger partial charge on any atom is 0.251 e. The second-order valence-corrected chi connectivity index (χ2v) is 7.59. The minimum absolute atomic E-state index is 0.112. The van der Waals surface area contributed by atoms with E-state index >= 15 is 0 Å². The van der Waals surface area contributed by atoms with Crippen LogP contribution >= 0.6 is 0 Å². The van der Waals surface area contributed by atoms with E-state index in [4.69, 9.17) is 4.98 Å². The molecule has 0 saturated carbocycles. The molecular formula is C22H26N6O. The van der Waals surface area contributed by atoms with Crippen LogP contribution in [0.15, 0.2) is 47.8 Å². The molecular weight excluding hydrogens is 364 g/mol. The number of hydrogen-bond acceptors (Lipinski definition) is 6. The van der Waals surface area contributed by atoms with Gasteiger partial charge in [0.2, 0.25) is 0 Å². The minimum Gasteiger partial charge on any atom is -0.307 e. The van der Waals surface area contributed by atoms with E-state index in [1.165, 1.54) is 0 Å². The highest BCUT2D eigenvalue weighted by atomic mass is 16.1. The molecule has 0 aliphatic carbocycles. The summed E-state index contributed by atoms with van der Waals surface area (Å²) in [5.74, 6) is 1.75. The van der Waals surface area contributed by atoms with Crippen LogP contribution in [0.5, 0.6) is 0 Å². The van der Waals surface area contributed by atoms with Crippen molar-refractivity contribution in [1.82, 2.24) is 29.8 Å². The maximum absolute atomic E-state index is 12.2. The molecule has 3 aromatic heterocycles. The summed E-state index contributed by atoms with van der Waals surface area (Å²) in [6, 6.07) is 5.36. The molecule has 0 bridgehead atoms. The van der Waals surface area contributed by atoms with Gasteiger partial charge in [-0.15, -0.1) is 0 Å². The number of aromatic amines is 1. The van der Waals surface area contributed by atoms with Crippen LogP contribution in [0, 0.1) is 0 Å². The third-order valence-corrected chi connectivity index (χ3v) is 5.28. The fourth-order valence-electron chi connectivity index (χ4n) is 3.85. The number of H-pyrrole nitrogens is 1. The average molecular weight is 390 g/mol. The molecule has 4 rings (SSSR count). The number of likely N-dealkylation sites (tertiary alicyclic amines) is 1. The van der Waals surface area contributed by atoms with E-state index in [2.05, 4.69) is 31.8 Å². The number of hydrogen-bond donors (Lipinski definition) is 1. The smallest absolute Gasteiger partial charge is 0.251 e. The molecule has 1 atom stereocenters. The average Bonchev–Trinajstić information content (AvgIpc) is 2.76.